The molecular weight excluding hydrogens is 222 g/mol. The van der Waals surface area contributed by atoms with Gasteiger partial charge in [-0.25, -0.2) is 0 Å². The Morgan fingerprint density at radius 3 is 2.22 bits per heavy atom. The highest BCUT2D eigenvalue weighted by atomic mass is 16.5. The van der Waals surface area contributed by atoms with Crippen molar-refractivity contribution in [2.24, 2.45) is 0 Å². The van der Waals surface area contributed by atoms with Crippen LogP contribution in [0, 0.1) is 0 Å². The molecule has 0 spiro atoms. The molecule has 0 aliphatic carbocycles. The van der Waals surface area contributed by atoms with Gasteiger partial charge in [0, 0.05) is 28.5 Å². The van der Waals surface area contributed by atoms with Crippen LogP contribution in [0.15, 0.2) is 6.07 Å². The maximum absolute atomic E-state index is 5.97. The lowest BCUT2D eigenvalue weighted by atomic mass is 9.85. The van der Waals surface area contributed by atoms with Gasteiger partial charge in [-0.3, -0.25) is 4.98 Å². The summed E-state index contributed by atoms with van der Waals surface area (Å²) in [5, 5.41) is 0. The normalized spacial score (nSPS) is 19.6. The fourth-order valence-corrected chi connectivity index (χ4v) is 2.31. The summed E-state index contributed by atoms with van der Waals surface area (Å²) in [7, 11) is 0. The van der Waals surface area contributed by atoms with Gasteiger partial charge in [-0.2, -0.15) is 0 Å². The van der Waals surface area contributed by atoms with E-state index in [9.17, 15) is 0 Å². The summed E-state index contributed by atoms with van der Waals surface area (Å²) in [5.74, 6) is 1.03. The second-order valence-corrected chi connectivity index (χ2v) is 7.48. The Hall–Kier alpha value is -1.05. The zero-order chi connectivity index (χ0) is 13.7. The summed E-state index contributed by atoms with van der Waals surface area (Å²) in [6, 6.07) is 2.23. The van der Waals surface area contributed by atoms with Crippen molar-refractivity contribution in [3.63, 3.8) is 0 Å². The van der Waals surface area contributed by atoms with Crippen LogP contribution in [0.4, 0.5) is 0 Å². The number of aromatic nitrogens is 1. The van der Waals surface area contributed by atoms with Crippen LogP contribution in [0.1, 0.15) is 65.4 Å². The SMILES string of the molecule is C[C@@H]1Cc2cc(C(C)(C)C)nc(C(C)(C)C)c2O1. The zero-order valence-corrected chi connectivity index (χ0v) is 12.7. The average Bonchev–Trinajstić information content (AvgIpc) is 2.52. The molecule has 1 aromatic rings. The average molecular weight is 247 g/mol. The first-order valence-corrected chi connectivity index (χ1v) is 6.80. The van der Waals surface area contributed by atoms with Gasteiger partial charge in [-0.05, 0) is 13.0 Å². The van der Waals surface area contributed by atoms with E-state index in [-0.39, 0.29) is 16.9 Å². The summed E-state index contributed by atoms with van der Waals surface area (Å²) >= 11 is 0. The molecule has 2 heteroatoms. The standard InChI is InChI=1S/C16H25NO/c1-10-8-11-9-12(15(2,3)4)17-14(13(11)18-10)16(5,6)7/h9-10H,8H2,1-7H3/t10-/m1/s1. The minimum Gasteiger partial charge on any atom is -0.488 e. The van der Waals surface area contributed by atoms with Crippen molar-refractivity contribution in [2.75, 3.05) is 0 Å². The highest BCUT2D eigenvalue weighted by molar-refractivity contribution is 5.46. The van der Waals surface area contributed by atoms with Gasteiger partial charge in [0.25, 0.3) is 0 Å². The van der Waals surface area contributed by atoms with E-state index in [1.165, 1.54) is 11.3 Å². The molecule has 0 saturated carbocycles. The molecule has 1 atom stereocenters. The minimum absolute atomic E-state index is 0.0232. The first kappa shape index (κ1) is 13.4. The molecule has 1 aromatic heterocycles. The maximum Gasteiger partial charge on any atom is 0.145 e. The van der Waals surface area contributed by atoms with Crippen LogP contribution < -0.4 is 4.74 Å². The highest BCUT2D eigenvalue weighted by Gasteiger charge is 2.31. The Bertz CT molecular complexity index is 463. The van der Waals surface area contributed by atoms with Crippen molar-refractivity contribution >= 4 is 0 Å². The summed E-state index contributed by atoms with van der Waals surface area (Å²) in [6.07, 6.45) is 1.28. The predicted molar refractivity (Wildman–Crippen MR) is 75.4 cm³/mol. The molecule has 100 valence electrons. The van der Waals surface area contributed by atoms with Gasteiger partial charge < -0.3 is 4.74 Å². The van der Waals surface area contributed by atoms with Crippen LogP contribution in [0.25, 0.3) is 0 Å². The summed E-state index contributed by atoms with van der Waals surface area (Å²) < 4.78 is 5.97. The zero-order valence-electron chi connectivity index (χ0n) is 12.7. The Morgan fingerprint density at radius 2 is 1.72 bits per heavy atom. The van der Waals surface area contributed by atoms with E-state index in [0.717, 1.165) is 17.9 Å². The Morgan fingerprint density at radius 1 is 1.11 bits per heavy atom. The summed E-state index contributed by atoms with van der Waals surface area (Å²) in [5.41, 5.74) is 3.71. The van der Waals surface area contributed by atoms with Gasteiger partial charge in [0.05, 0.1) is 5.69 Å². The first-order valence-electron chi connectivity index (χ1n) is 6.80. The number of pyridine rings is 1. The largest absolute Gasteiger partial charge is 0.488 e. The number of hydrogen-bond donors (Lipinski definition) is 0. The summed E-state index contributed by atoms with van der Waals surface area (Å²) in [4.78, 5) is 4.90. The van der Waals surface area contributed by atoms with Crippen LogP contribution in [0.2, 0.25) is 0 Å². The van der Waals surface area contributed by atoms with Crippen LogP contribution in [0.3, 0.4) is 0 Å². The monoisotopic (exact) mass is 247 g/mol. The van der Waals surface area contributed by atoms with Gasteiger partial charge in [-0.15, -0.1) is 0 Å². The Labute approximate surface area is 111 Å². The van der Waals surface area contributed by atoms with Crippen LogP contribution in [0.5, 0.6) is 5.75 Å². The third-order valence-corrected chi connectivity index (χ3v) is 3.36. The van der Waals surface area contributed by atoms with Crippen LogP contribution in [-0.2, 0) is 17.3 Å². The van der Waals surface area contributed by atoms with Crippen LogP contribution in [-0.4, -0.2) is 11.1 Å². The third-order valence-electron chi connectivity index (χ3n) is 3.36. The third kappa shape index (κ3) is 2.38. The quantitative estimate of drug-likeness (QED) is 0.691. The first-order chi connectivity index (χ1) is 8.09. The predicted octanol–water partition coefficient (Wildman–Crippen LogP) is 4.00. The van der Waals surface area contributed by atoms with Gasteiger partial charge in [0.15, 0.2) is 0 Å². The Kier molecular flexibility index (Phi) is 2.95. The van der Waals surface area contributed by atoms with Crippen LogP contribution >= 0.6 is 0 Å². The van der Waals surface area contributed by atoms with E-state index in [1.54, 1.807) is 0 Å². The lowest BCUT2D eigenvalue weighted by molar-refractivity contribution is 0.248. The molecule has 2 rings (SSSR count). The van der Waals surface area contributed by atoms with Crippen molar-refractivity contribution in [1.82, 2.24) is 4.98 Å². The van der Waals surface area contributed by atoms with Crippen molar-refractivity contribution in [3.8, 4) is 5.75 Å². The number of nitrogens with zero attached hydrogens (tertiary/aromatic N) is 1. The highest BCUT2D eigenvalue weighted by Crippen LogP contribution is 2.40. The van der Waals surface area contributed by atoms with Crippen molar-refractivity contribution < 1.29 is 4.74 Å². The molecule has 0 radical (unpaired) electrons. The minimum atomic E-state index is 0.0232. The van der Waals surface area contributed by atoms with Crippen molar-refractivity contribution in [1.29, 1.82) is 0 Å². The molecule has 0 amide bonds. The number of ether oxygens (including phenoxy) is 1. The maximum atomic E-state index is 5.97. The van der Waals surface area contributed by atoms with E-state index in [1.807, 2.05) is 0 Å². The van der Waals surface area contributed by atoms with Crippen molar-refractivity contribution in [2.45, 2.75) is 71.8 Å². The van der Waals surface area contributed by atoms with Gasteiger partial charge in [0.1, 0.15) is 11.9 Å². The second-order valence-electron chi connectivity index (χ2n) is 7.48. The Balaban J connectivity index is 2.62. The van der Waals surface area contributed by atoms with E-state index >= 15 is 0 Å². The fraction of sp³-hybridized carbons (Fsp3) is 0.688. The van der Waals surface area contributed by atoms with E-state index in [4.69, 9.17) is 9.72 Å². The smallest absolute Gasteiger partial charge is 0.145 e. The summed E-state index contributed by atoms with van der Waals surface area (Å²) in [6.45, 7) is 15.4. The molecule has 0 fully saturated rings. The molecular formula is C16H25NO. The molecule has 1 aliphatic heterocycles. The molecule has 18 heavy (non-hydrogen) atoms. The van der Waals surface area contributed by atoms with Gasteiger partial charge >= 0.3 is 0 Å². The molecule has 2 nitrogen and oxygen atoms in total. The topological polar surface area (TPSA) is 22.1 Å². The molecule has 0 N–H and O–H groups in total. The second kappa shape index (κ2) is 3.97. The van der Waals surface area contributed by atoms with Crippen molar-refractivity contribution in [3.05, 3.63) is 23.0 Å². The lowest BCUT2D eigenvalue weighted by Crippen LogP contribution is -2.21. The molecule has 0 aromatic carbocycles. The number of fused-ring (bicyclic) bond motifs is 1. The van der Waals surface area contributed by atoms with E-state index < -0.39 is 0 Å². The molecule has 0 unspecified atom stereocenters. The number of hydrogen-bond acceptors (Lipinski definition) is 2. The fourth-order valence-electron chi connectivity index (χ4n) is 2.31. The molecule has 0 saturated heterocycles. The van der Waals surface area contributed by atoms with Gasteiger partial charge in [-0.1, -0.05) is 41.5 Å². The lowest BCUT2D eigenvalue weighted by Gasteiger charge is -2.25. The molecule has 1 aliphatic rings. The van der Waals surface area contributed by atoms with Gasteiger partial charge in [0.2, 0.25) is 0 Å². The van der Waals surface area contributed by atoms with E-state index in [0.29, 0.717) is 0 Å². The van der Waals surface area contributed by atoms with E-state index in [2.05, 4.69) is 54.5 Å². The molecule has 2 heterocycles. The number of rotatable bonds is 0. The molecule has 0 bridgehead atoms.